The van der Waals surface area contributed by atoms with E-state index in [9.17, 15) is 20.0 Å². The van der Waals surface area contributed by atoms with Crippen LogP contribution in [-0.2, 0) is 23.5 Å². The number of carbonyl (C=O) groups is 1. The van der Waals surface area contributed by atoms with E-state index in [-0.39, 0.29) is 36.1 Å². The lowest BCUT2D eigenvalue weighted by Crippen LogP contribution is -2.25. The van der Waals surface area contributed by atoms with E-state index in [2.05, 4.69) is 25.6 Å². The molecule has 3 heterocycles. The van der Waals surface area contributed by atoms with Crippen LogP contribution >= 0.6 is 0 Å². The summed E-state index contributed by atoms with van der Waals surface area (Å²) in [5.74, 6) is -0.700. The number of esters is 1. The Kier molecular flexibility index (Phi) is 6.85. The van der Waals surface area contributed by atoms with Gasteiger partial charge < -0.3 is 23.2 Å². The lowest BCUT2D eigenvalue weighted by atomic mass is 9.98. The number of H-pyrrole nitrogens is 1. The maximum absolute atomic E-state index is 13.3. The van der Waals surface area contributed by atoms with Gasteiger partial charge in [0.05, 0.1) is 0 Å². The van der Waals surface area contributed by atoms with Crippen molar-refractivity contribution in [1.82, 2.24) is 30.2 Å². The quantitative estimate of drug-likeness (QED) is 0.217. The molecule has 1 atom stereocenters. The topological polar surface area (TPSA) is 186 Å². The minimum atomic E-state index is -2.06. The number of rotatable bonds is 8. The van der Waals surface area contributed by atoms with Crippen LogP contribution in [0.1, 0.15) is 46.0 Å². The summed E-state index contributed by atoms with van der Waals surface area (Å²) in [6.45, 7) is 4.20. The molecule has 0 aliphatic carbocycles. The Morgan fingerprint density at radius 2 is 1.88 bits per heavy atom. The lowest BCUT2D eigenvalue weighted by molar-refractivity contribution is 0.0414. The third-order valence-electron chi connectivity index (χ3n) is 6.32. The summed E-state index contributed by atoms with van der Waals surface area (Å²) < 4.78 is 16.6. The predicted molar refractivity (Wildman–Crippen MR) is 137 cm³/mol. The van der Waals surface area contributed by atoms with Gasteiger partial charge in [0.1, 0.15) is 17.6 Å². The van der Waals surface area contributed by atoms with Crippen LogP contribution < -0.4 is 5.82 Å². The molecule has 202 valence electrons. The van der Waals surface area contributed by atoms with Gasteiger partial charge in [-0.2, -0.15) is 10.5 Å². The fourth-order valence-corrected chi connectivity index (χ4v) is 4.24. The smallest absolute Gasteiger partial charge is 0.453 e. The van der Waals surface area contributed by atoms with Gasteiger partial charge in [-0.1, -0.05) is 48.5 Å². The molecule has 0 aliphatic heterocycles. The molecule has 0 bridgehead atoms. The van der Waals surface area contributed by atoms with Crippen molar-refractivity contribution in [2.24, 2.45) is 0 Å². The Morgan fingerprint density at radius 1 is 1.15 bits per heavy atom. The molecule has 13 heteroatoms. The molecule has 5 rings (SSSR count). The number of nitrogens with one attached hydrogen (secondary N) is 1. The number of carbonyl (C=O) groups excluding carboxylic acids is 1. The third-order valence-corrected chi connectivity index (χ3v) is 6.32. The number of hydrogen-bond acceptors (Lipinski definition) is 11. The maximum Gasteiger partial charge on any atom is 0.519 e. The van der Waals surface area contributed by atoms with E-state index in [4.69, 9.17) is 13.6 Å². The van der Waals surface area contributed by atoms with Crippen molar-refractivity contribution in [2.75, 3.05) is 0 Å². The minimum Gasteiger partial charge on any atom is -0.453 e. The normalized spacial score (nSPS) is 12.6. The second-order valence-corrected chi connectivity index (χ2v) is 9.11. The number of imidazole rings is 1. The first-order chi connectivity index (χ1) is 19.2. The monoisotopic (exact) mass is 541 g/mol. The zero-order valence-corrected chi connectivity index (χ0v) is 21.7. The molecule has 2 aromatic carbocycles. The number of aromatic amines is 1. The van der Waals surface area contributed by atoms with E-state index < -0.39 is 17.4 Å². The number of tetrazole rings is 1. The summed E-state index contributed by atoms with van der Waals surface area (Å²) >= 11 is 0. The third kappa shape index (κ3) is 5.03. The summed E-state index contributed by atoms with van der Waals surface area (Å²) in [6.07, 6.45) is 0. The number of hydrogen-bond donors (Lipinski definition) is 2. The van der Waals surface area contributed by atoms with Crippen molar-refractivity contribution in [2.45, 2.75) is 39.5 Å². The molecule has 0 amide bonds. The van der Waals surface area contributed by atoms with E-state index in [0.29, 0.717) is 11.6 Å². The molecular formula is C27H23N7O6. The van der Waals surface area contributed by atoms with Gasteiger partial charge >= 0.3 is 11.8 Å². The SMILES string of the molecule is Cc1oc(=O)oc1COC(=O)c1c(C(C)(O)C#N)nc(C)n1Cc1ccc(-c2ccccc2-c2nn[nH]n2)cc1. The molecule has 0 spiro atoms. The zero-order chi connectivity index (χ0) is 28.4. The van der Waals surface area contributed by atoms with Crippen LogP contribution in [0.4, 0.5) is 0 Å². The average molecular weight is 542 g/mol. The highest BCUT2D eigenvalue weighted by atomic mass is 16.6. The summed E-state index contributed by atoms with van der Waals surface area (Å²) in [5.41, 5.74) is 1.14. The number of aliphatic hydroxyl groups is 1. The second-order valence-electron chi connectivity index (χ2n) is 9.11. The Labute approximate surface area is 226 Å². The van der Waals surface area contributed by atoms with Crippen molar-refractivity contribution in [1.29, 1.82) is 5.26 Å². The molecule has 0 radical (unpaired) electrons. The summed E-state index contributed by atoms with van der Waals surface area (Å²) in [6, 6.07) is 17.1. The van der Waals surface area contributed by atoms with Crippen molar-refractivity contribution < 1.29 is 23.5 Å². The first-order valence-corrected chi connectivity index (χ1v) is 12.1. The molecule has 5 aromatic rings. The highest BCUT2D eigenvalue weighted by Gasteiger charge is 2.35. The molecule has 0 saturated carbocycles. The van der Waals surface area contributed by atoms with Gasteiger partial charge in [-0.3, -0.25) is 0 Å². The molecule has 40 heavy (non-hydrogen) atoms. The Balaban J connectivity index is 1.46. The number of aromatic nitrogens is 6. The van der Waals surface area contributed by atoms with Gasteiger partial charge in [-0.25, -0.2) is 14.6 Å². The number of nitrogens with zero attached hydrogens (tertiary/aromatic N) is 6. The zero-order valence-electron chi connectivity index (χ0n) is 21.7. The van der Waals surface area contributed by atoms with E-state index in [0.717, 1.165) is 22.3 Å². The van der Waals surface area contributed by atoms with Gasteiger partial charge in [0.2, 0.25) is 5.82 Å². The second kappa shape index (κ2) is 10.4. The van der Waals surface area contributed by atoms with Crippen LogP contribution in [0.25, 0.3) is 22.5 Å². The summed E-state index contributed by atoms with van der Waals surface area (Å²) in [4.78, 5) is 28.9. The van der Waals surface area contributed by atoms with Crippen LogP contribution in [0.2, 0.25) is 0 Å². The molecule has 0 aliphatic rings. The first kappa shape index (κ1) is 26.3. The van der Waals surface area contributed by atoms with Crippen LogP contribution in [-0.4, -0.2) is 41.3 Å². The van der Waals surface area contributed by atoms with Crippen molar-refractivity contribution in [3.05, 3.63) is 93.4 Å². The number of ether oxygens (including phenoxy) is 1. The van der Waals surface area contributed by atoms with E-state index >= 15 is 0 Å². The van der Waals surface area contributed by atoms with Gasteiger partial charge in [0, 0.05) is 12.1 Å². The highest BCUT2D eigenvalue weighted by Crippen LogP contribution is 2.31. The Bertz CT molecular complexity index is 1770. The molecule has 1 unspecified atom stereocenters. The molecule has 0 saturated heterocycles. The van der Waals surface area contributed by atoms with Gasteiger partial charge in [0.25, 0.3) is 0 Å². The average Bonchev–Trinajstić information content (AvgIpc) is 3.67. The van der Waals surface area contributed by atoms with Crippen LogP contribution in [0.5, 0.6) is 0 Å². The molecule has 0 fully saturated rings. The van der Waals surface area contributed by atoms with Gasteiger partial charge in [-0.05, 0) is 42.7 Å². The summed E-state index contributed by atoms with van der Waals surface area (Å²) in [5, 5.41) is 34.5. The Hall–Kier alpha value is -5.35. The number of benzene rings is 2. The predicted octanol–water partition coefficient (Wildman–Crippen LogP) is 3.03. The van der Waals surface area contributed by atoms with E-state index in [1.165, 1.54) is 13.8 Å². The van der Waals surface area contributed by atoms with Crippen molar-refractivity contribution >= 4 is 5.97 Å². The fourth-order valence-electron chi connectivity index (χ4n) is 4.24. The van der Waals surface area contributed by atoms with E-state index in [1.807, 2.05) is 48.5 Å². The molecule has 2 N–H and O–H groups in total. The summed E-state index contributed by atoms with van der Waals surface area (Å²) in [7, 11) is 0. The molecule has 3 aromatic heterocycles. The Morgan fingerprint density at radius 3 is 2.50 bits per heavy atom. The van der Waals surface area contributed by atoms with E-state index in [1.54, 1.807) is 17.6 Å². The molecule has 13 nitrogen and oxygen atoms in total. The molecular weight excluding hydrogens is 518 g/mol. The first-order valence-electron chi connectivity index (χ1n) is 12.1. The fraction of sp³-hybridized carbons (Fsp3) is 0.222. The minimum absolute atomic E-state index is 0.0476. The highest BCUT2D eigenvalue weighted by molar-refractivity contribution is 5.89. The number of nitriles is 1. The largest absolute Gasteiger partial charge is 0.519 e. The van der Waals surface area contributed by atoms with Crippen molar-refractivity contribution in [3.8, 4) is 28.6 Å². The van der Waals surface area contributed by atoms with Crippen molar-refractivity contribution in [3.63, 3.8) is 0 Å². The maximum atomic E-state index is 13.3. The number of aryl methyl sites for hydroxylation is 2. The van der Waals surface area contributed by atoms with Crippen LogP contribution in [0, 0.1) is 25.2 Å². The van der Waals surface area contributed by atoms with Gasteiger partial charge in [-0.15, -0.1) is 10.2 Å². The van der Waals surface area contributed by atoms with Crippen LogP contribution in [0.15, 0.2) is 62.2 Å². The van der Waals surface area contributed by atoms with Crippen LogP contribution in [0.3, 0.4) is 0 Å². The standard InChI is InChI=1S/C27H23N7O6/c1-15-21(40-26(36)39-15)13-38-25(35)22-23(27(3,37)14-28)29-16(2)34(22)12-17-8-10-18(11-9-17)19-6-4-5-7-20(19)24-30-32-33-31-24/h4-11,37H,12-13H2,1-3H3,(H,30,31,32,33). The lowest BCUT2D eigenvalue weighted by Gasteiger charge is -2.15. The van der Waals surface area contributed by atoms with Gasteiger partial charge in [0.15, 0.2) is 29.4 Å².